The number of nitrogens with zero attached hydrogens (tertiary/aromatic N) is 2. The maximum Gasteiger partial charge on any atom is 0.335 e. The number of benzene rings is 1. The van der Waals surface area contributed by atoms with E-state index in [9.17, 15) is 4.79 Å². The van der Waals surface area contributed by atoms with Crippen LogP contribution in [0.3, 0.4) is 0 Å². The van der Waals surface area contributed by atoms with Gasteiger partial charge in [-0.25, -0.2) is 14.8 Å². The third-order valence-electron chi connectivity index (χ3n) is 2.89. The molecule has 0 aliphatic rings. The smallest absolute Gasteiger partial charge is 0.335 e. The number of carboxylic acid groups (broad SMARTS) is 1. The Hall–Kier alpha value is -2.47. The molecule has 0 aliphatic heterocycles. The van der Waals surface area contributed by atoms with E-state index in [0.717, 1.165) is 5.39 Å². The number of fused-ring (bicyclic) bond motifs is 1. The Morgan fingerprint density at radius 1 is 1.30 bits per heavy atom. The minimum Gasteiger partial charge on any atom is -0.478 e. The summed E-state index contributed by atoms with van der Waals surface area (Å²) in [6, 6.07) is 8.89. The zero-order valence-corrected chi connectivity index (χ0v) is 11.2. The molecular formula is C14H11N3O2S. The third-order valence-corrected chi connectivity index (χ3v) is 3.77. The van der Waals surface area contributed by atoms with Crippen LogP contribution in [0.5, 0.6) is 0 Å². The summed E-state index contributed by atoms with van der Waals surface area (Å²) in [5, 5.41) is 15.1. The molecule has 0 radical (unpaired) electrons. The Kier molecular flexibility index (Phi) is 3.30. The van der Waals surface area contributed by atoms with Gasteiger partial charge in [0.15, 0.2) is 0 Å². The molecule has 6 heteroatoms. The first kappa shape index (κ1) is 12.6. The Bertz CT molecular complexity index is 756. The van der Waals surface area contributed by atoms with Crippen molar-refractivity contribution in [2.24, 2.45) is 0 Å². The van der Waals surface area contributed by atoms with Crippen LogP contribution in [0.15, 0.2) is 42.0 Å². The van der Waals surface area contributed by atoms with Crippen molar-refractivity contribution in [2.75, 3.05) is 5.32 Å². The van der Waals surface area contributed by atoms with E-state index in [0.29, 0.717) is 17.9 Å². The second kappa shape index (κ2) is 5.26. The molecule has 2 N–H and O–H groups in total. The summed E-state index contributed by atoms with van der Waals surface area (Å²) >= 11 is 1.67. The Balaban J connectivity index is 1.93. The van der Waals surface area contributed by atoms with Gasteiger partial charge < -0.3 is 10.4 Å². The molecule has 3 aromatic rings. The largest absolute Gasteiger partial charge is 0.478 e. The molecule has 0 unspecified atom stereocenters. The highest BCUT2D eigenvalue weighted by molar-refractivity contribution is 7.09. The highest BCUT2D eigenvalue weighted by atomic mass is 32.1. The summed E-state index contributed by atoms with van der Waals surface area (Å²) in [7, 11) is 0. The lowest BCUT2D eigenvalue weighted by Crippen LogP contribution is -2.02. The van der Waals surface area contributed by atoms with Crippen LogP contribution in [0.1, 0.15) is 15.2 Å². The zero-order valence-electron chi connectivity index (χ0n) is 10.4. The van der Waals surface area contributed by atoms with E-state index in [-0.39, 0.29) is 5.56 Å². The molecule has 3 rings (SSSR count). The van der Waals surface area contributed by atoms with Gasteiger partial charge in [0.25, 0.3) is 0 Å². The van der Waals surface area contributed by atoms with Gasteiger partial charge in [0.1, 0.15) is 12.1 Å². The van der Waals surface area contributed by atoms with Crippen LogP contribution in [0.4, 0.5) is 5.82 Å². The van der Waals surface area contributed by atoms with E-state index >= 15 is 0 Å². The van der Waals surface area contributed by atoms with Gasteiger partial charge in [0.2, 0.25) is 0 Å². The number of thiophene rings is 1. The number of carbonyl (C=O) groups is 1. The number of rotatable bonds is 4. The molecule has 20 heavy (non-hydrogen) atoms. The molecule has 2 aromatic heterocycles. The number of carboxylic acids is 1. The van der Waals surface area contributed by atoms with Gasteiger partial charge in [-0.1, -0.05) is 6.07 Å². The van der Waals surface area contributed by atoms with E-state index in [2.05, 4.69) is 15.3 Å². The number of aromatic carboxylic acids is 1. The predicted molar refractivity (Wildman–Crippen MR) is 78.1 cm³/mol. The van der Waals surface area contributed by atoms with Crippen LogP contribution in [0.2, 0.25) is 0 Å². The normalized spacial score (nSPS) is 10.6. The molecule has 0 fully saturated rings. The summed E-state index contributed by atoms with van der Waals surface area (Å²) in [5.74, 6) is -0.251. The first-order valence-electron chi connectivity index (χ1n) is 5.98. The second-order valence-corrected chi connectivity index (χ2v) is 5.22. The number of aromatic nitrogens is 2. The van der Waals surface area contributed by atoms with E-state index in [1.807, 2.05) is 17.5 Å². The fraction of sp³-hybridized carbons (Fsp3) is 0.0714. The van der Waals surface area contributed by atoms with Gasteiger partial charge >= 0.3 is 5.97 Å². The summed E-state index contributed by atoms with van der Waals surface area (Å²) in [4.78, 5) is 20.5. The fourth-order valence-corrected chi connectivity index (χ4v) is 2.56. The first-order chi connectivity index (χ1) is 9.74. The van der Waals surface area contributed by atoms with Crippen molar-refractivity contribution in [1.82, 2.24) is 9.97 Å². The van der Waals surface area contributed by atoms with Crippen LogP contribution in [-0.2, 0) is 6.54 Å². The number of anilines is 1. The van der Waals surface area contributed by atoms with Crippen LogP contribution in [-0.4, -0.2) is 21.0 Å². The van der Waals surface area contributed by atoms with E-state index in [4.69, 9.17) is 5.11 Å². The molecule has 0 amide bonds. The standard InChI is InChI=1S/C14H11N3O2S/c18-14(19)9-3-4-11-12(6-9)16-8-17-13(11)15-7-10-2-1-5-20-10/h1-6,8H,7H2,(H,18,19)(H,15,16,17). The molecule has 100 valence electrons. The maximum absolute atomic E-state index is 11.0. The van der Waals surface area contributed by atoms with Crippen molar-refractivity contribution in [3.05, 3.63) is 52.5 Å². The lowest BCUT2D eigenvalue weighted by atomic mass is 10.1. The Morgan fingerprint density at radius 3 is 2.95 bits per heavy atom. The number of hydrogen-bond donors (Lipinski definition) is 2. The van der Waals surface area contributed by atoms with Gasteiger partial charge in [-0.05, 0) is 29.6 Å². The van der Waals surface area contributed by atoms with Crippen molar-refractivity contribution in [2.45, 2.75) is 6.54 Å². The topological polar surface area (TPSA) is 75.1 Å². The monoisotopic (exact) mass is 285 g/mol. The molecule has 0 aliphatic carbocycles. The minimum absolute atomic E-state index is 0.223. The SMILES string of the molecule is O=C(O)c1ccc2c(NCc3cccs3)ncnc2c1. The van der Waals surface area contributed by atoms with E-state index in [1.165, 1.54) is 11.2 Å². The second-order valence-electron chi connectivity index (χ2n) is 4.19. The third kappa shape index (κ3) is 2.46. The zero-order chi connectivity index (χ0) is 13.9. The maximum atomic E-state index is 11.0. The van der Waals surface area contributed by atoms with Gasteiger partial charge in [-0.3, -0.25) is 0 Å². The highest BCUT2D eigenvalue weighted by Gasteiger charge is 2.08. The molecular weight excluding hydrogens is 274 g/mol. The average Bonchev–Trinajstić information content (AvgIpc) is 2.97. The molecule has 2 heterocycles. The number of hydrogen-bond acceptors (Lipinski definition) is 5. The summed E-state index contributed by atoms with van der Waals surface area (Å²) in [5.41, 5.74) is 0.842. The van der Waals surface area contributed by atoms with E-state index < -0.39 is 5.97 Å². The Labute approximate surface area is 118 Å². The van der Waals surface area contributed by atoms with E-state index in [1.54, 1.807) is 29.5 Å². The summed E-state index contributed by atoms with van der Waals surface area (Å²) in [6.07, 6.45) is 1.44. The van der Waals surface area contributed by atoms with Crippen molar-refractivity contribution < 1.29 is 9.90 Å². The van der Waals surface area contributed by atoms with Gasteiger partial charge in [-0.15, -0.1) is 11.3 Å². The van der Waals surface area contributed by atoms with Crippen LogP contribution >= 0.6 is 11.3 Å². The van der Waals surface area contributed by atoms with Crippen molar-refractivity contribution in [1.29, 1.82) is 0 Å². The fourth-order valence-electron chi connectivity index (χ4n) is 1.91. The van der Waals surface area contributed by atoms with Crippen molar-refractivity contribution in [3.63, 3.8) is 0 Å². The van der Waals surface area contributed by atoms with Crippen LogP contribution < -0.4 is 5.32 Å². The quantitative estimate of drug-likeness (QED) is 0.770. The molecule has 0 saturated carbocycles. The van der Waals surface area contributed by atoms with Crippen molar-refractivity contribution >= 4 is 34.0 Å². The summed E-state index contributed by atoms with van der Waals surface area (Å²) in [6.45, 7) is 0.685. The van der Waals surface area contributed by atoms with Crippen molar-refractivity contribution in [3.8, 4) is 0 Å². The molecule has 0 saturated heterocycles. The number of nitrogens with one attached hydrogen (secondary N) is 1. The minimum atomic E-state index is -0.960. The van der Waals surface area contributed by atoms with Gasteiger partial charge in [-0.2, -0.15) is 0 Å². The highest BCUT2D eigenvalue weighted by Crippen LogP contribution is 2.21. The summed E-state index contributed by atoms with van der Waals surface area (Å²) < 4.78 is 0. The lowest BCUT2D eigenvalue weighted by Gasteiger charge is -2.07. The molecule has 0 spiro atoms. The molecule has 0 atom stereocenters. The predicted octanol–water partition coefficient (Wildman–Crippen LogP) is 3.00. The lowest BCUT2D eigenvalue weighted by molar-refractivity contribution is 0.0697. The Morgan fingerprint density at radius 2 is 2.20 bits per heavy atom. The first-order valence-corrected chi connectivity index (χ1v) is 6.86. The molecule has 1 aromatic carbocycles. The van der Waals surface area contributed by atoms with Crippen LogP contribution in [0.25, 0.3) is 10.9 Å². The van der Waals surface area contributed by atoms with Gasteiger partial charge in [0.05, 0.1) is 17.6 Å². The molecule has 0 bridgehead atoms. The van der Waals surface area contributed by atoms with Crippen LogP contribution in [0, 0.1) is 0 Å². The molecule has 5 nitrogen and oxygen atoms in total. The average molecular weight is 285 g/mol. The van der Waals surface area contributed by atoms with Gasteiger partial charge in [0, 0.05) is 10.3 Å².